The number of carbonyl (C=O) groups is 1. The van der Waals surface area contributed by atoms with Crippen LogP contribution in [0.5, 0.6) is 0 Å². The Balaban J connectivity index is 1.46. The highest BCUT2D eigenvalue weighted by molar-refractivity contribution is 9.10. The van der Waals surface area contributed by atoms with Crippen molar-refractivity contribution in [1.29, 1.82) is 0 Å². The molecule has 1 aliphatic rings. The molecule has 0 saturated carbocycles. The van der Waals surface area contributed by atoms with Gasteiger partial charge in [-0.2, -0.15) is 0 Å². The van der Waals surface area contributed by atoms with Gasteiger partial charge in [0.15, 0.2) is 0 Å². The highest BCUT2D eigenvalue weighted by Gasteiger charge is 2.18. The highest BCUT2D eigenvalue weighted by Crippen LogP contribution is 2.24. The summed E-state index contributed by atoms with van der Waals surface area (Å²) in [5.41, 5.74) is 1.24. The highest BCUT2D eigenvalue weighted by atomic mass is 79.9. The van der Waals surface area contributed by atoms with Crippen LogP contribution in [-0.4, -0.2) is 48.4 Å². The molecule has 1 saturated heterocycles. The molecule has 1 aromatic heterocycles. The number of hydrogen-bond acceptors (Lipinski definition) is 5. The van der Waals surface area contributed by atoms with Crippen LogP contribution in [0.1, 0.15) is 22.8 Å². The molecule has 1 fully saturated rings. The predicted octanol–water partition coefficient (Wildman–Crippen LogP) is 4.60. The number of carbonyl (C=O) groups excluding carboxylic acids is 1. The Labute approximate surface area is 193 Å². The summed E-state index contributed by atoms with van der Waals surface area (Å²) < 4.78 is 6.11. The van der Waals surface area contributed by atoms with E-state index in [4.69, 9.17) is 16.0 Å². The van der Waals surface area contributed by atoms with Crippen LogP contribution in [0.3, 0.4) is 0 Å². The fraction of sp³-hybridized carbons (Fsp3) is 0.304. The molecule has 8 heteroatoms. The molecule has 3 aromatic rings. The molecule has 1 aliphatic heterocycles. The lowest BCUT2D eigenvalue weighted by molar-refractivity contribution is 0.102. The Morgan fingerprint density at radius 1 is 1.10 bits per heavy atom. The van der Waals surface area contributed by atoms with Crippen LogP contribution in [0.2, 0.25) is 5.02 Å². The Hall–Kier alpha value is -2.19. The van der Waals surface area contributed by atoms with Crippen molar-refractivity contribution in [2.75, 3.05) is 38.0 Å². The van der Waals surface area contributed by atoms with Gasteiger partial charge in [0.05, 0.1) is 0 Å². The van der Waals surface area contributed by atoms with Gasteiger partial charge in [-0.15, -0.1) is 0 Å². The number of amides is 1. The number of halogens is 2. The summed E-state index contributed by atoms with van der Waals surface area (Å²) in [6.45, 7) is 8.18. The summed E-state index contributed by atoms with van der Waals surface area (Å²) in [6, 6.07) is 12.2. The van der Waals surface area contributed by atoms with Gasteiger partial charge in [-0.25, -0.2) is 4.79 Å². The van der Waals surface area contributed by atoms with Crippen molar-refractivity contribution in [2.24, 2.45) is 0 Å². The van der Waals surface area contributed by atoms with E-state index in [0.717, 1.165) is 49.3 Å². The van der Waals surface area contributed by atoms with Gasteiger partial charge in [0.1, 0.15) is 11.1 Å². The molecule has 0 bridgehead atoms. The first-order valence-corrected chi connectivity index (χ1v) is 11.4. The van der Waals surface area contributed by atoms with Crippen molar-refractivity contribution in [2.45, 2.75) is 13.5 Å². The van der Waals surface area contributed by atoms with Crippen molar-refractivity contribution >= 4 is 50.1 Å². The molecular formula is C23H23BrClN3O3. The summed E-state index contributed by atoms with van der Waals surface area (Å²) in [6.07, 6.45) is 0. The third kappa shape index (κ3) is 5.18. The first-order valence-electron chi connectivity index (χ1n) is 10.2. The second-order valence-corrected chi connectivity index (χ2v) is 8.92. The summed E-state index contributed by atoms with van der Waals surface area (Å²) >= 11 is 9.87. The molecule has 6 nitrogen and oxygen atoms in total. The van der Waals surface area contributed by atoms with Crippen molar-refractivity contribution in [3.63, 3.8) is 0 Å². The van der Waals surface area contributed by atoms with E-state index in [1.807, 2.05) is 6.07 Å². The number of nitrogens with zero attached hydrogens (tertiary/aromatic N) is 2. The normalized spacial score (nSPS) is 15.3. The van der Waals surface area contributed by atoms with Gasteiger partial charge in [-0.05, 0) is 48.5 Å². The predicted molar refractivity (Wildman–Crippen MR) is 127 cm³/mol. The van der Waals surface area contributed by atoms with Crippen LogP contribution in [0.4, 0.5) is 5.69 Å². The fourth-order valence-corrected chi connectivity index (χ4v) is 4.33. The average molecular weight is 505 g/mol. The summed E-state index contributed by atoms with van der Waals surface area (Å²) in [5.74, 6) is -0.532. The van der Waals surface area contributed by atoms with Crippen molar-refractivity contribution < 1.29 is 9.21 Å². The van der Waals surface area contributed by atoms with Gasteiger partial charge >= 0.3 is 5.63 Å². The van der Waals surface area contributed by atoms with Crippen LogP contribution in [0.15, 0.2) is 56.1 Å². The smallest absolute Gasteiger partial charge is 0.349 e. The molecular weight excluding hydrogens is 482 g/mol. The Morgan fingerprint density at radius 2 is 1.84 bits per heavy atom. The fourth-order valence-electron chi connectivity index (χ4n) is 3.71. The maximum absolute atomic E-state index is 12.7. The molecule has 2 aromatic carbocycles. The number of rotatable bonds is 5. The Kier molecular flexibility index (Phi) is 6.77. The van der Waals surface area contributed by atoms with E-state index >= 15 is 0 Å². The Morgan fingerprint density at radius 3 is 2.55 bits per heavy atom. The van der Waals surface area contributed by atoms with Crippen LogP contribution in [0, 0.1) is 0 Å². The molecule has 162 valence electrons. The van der Waals surface area contributed by atoms with Gasteiger partial charge in [-0.1, -0.05) is 40.5 Å². The number of fused-ring (bicyclic) bond motifs is 1. The topological polar surface area (TPSA) is 65.8 Å². The molecule has 1 amide bonds. The zero-order chi connectivity index (χ0) is 22.0. The lowest BCUT2D eigenvalue weighted by atomic mass is 10.1. The van der Waals surface area contributed by atoms with Crippen molar-refractivity contribution in [3.05, 3.63) is 73.5 Å². The molecule has 0 radical (unpaired) electrons. The second-order valence-electron chi connectivity index (χ2n) is 7.60. The van der Waals surface area contributed by atoms with E-state index in [2.05, 4.69) is 38.0 Å². The minimum atomic E-state index is -0.679. The lowest BCUT2D eigenvalue weighted by Crippen LogP contribution is -2.45. The Bertz CT molecular complexity index is 1170. The van der Waals surface area contributed by atoms with Crippen LogP contribution < -0.4 is 10.9 Å². The minimum absolute atomic E-state index is 0.0559. The van der Waals surface area contributed by atoms with Gasteiger partial charge in [0.2, 0.25) is 0 Å². The first-order chi connectivity index (χ1) is 14.9. The van der Waals surface area contributed by atoms with Gasteiger partial charge in [0, 0.05) is 53.3 Å². The van der Waals surface area contributed by atoms with E-state index in [-0.39, 0.29) is 5.56 Å². The second kappa shape index (κ2) is 9.53. The van der Waals surface area contributed by atoms with E-state index in [1.54, 1.807) is 30.3 Å². The van der Waals surface area contributed by atoms with Gasteiger partial charge in [0.25, 0.3) is 5.91 Å². The van der Waals surface area contributed by atoms with Gasteiger partial charge < -0.3 is 14.6 Å². The third-order valence-electron chi connectivity index (χ3n) is 5.56. The summed E-state index contributed by atoms with van der Waals surface area (Å²) in [5, 5.41) is 4.00. The first kappa shape index (κ1) is 22.0. The molecule has 2 heterocycles. The summed E-state index contributed by atoms with van der Waals surface area (Å²) in [7, 11) is 0. The average Bonchev–Trinajstić information content (AvgIpc) is 2.76. The van der Waals surface area contributed by atoms with Crippen LogP contribution >= 0.6 is 27.5 Å². The monoisotopic (exact) mass is 503 g/mol. The number of anilines is 1. The van der Waals surface area contributed by atoms with E-state index in [1.165, 1.54) is 6.07 Å². The maximum atomic E-state index is 12.7. The quantitative estimate of drug-likeness (QED) is 0.515. The SMILES string of the molecule is CCN1CCN(Cc2ccc(NC(=O)c3cc4cc(Br)ccc4oc3=O)cc2Cl)CC1. The molecule has 4 rings (SSSR count). The molecule has 0 spiro atoms. The van der Waals surface area contributed by atoms with E-state index < -0.39 is 11.5 Å². The van der Waals surface area contributed by atoms with E-state index in [0.29, 0.717) is 21.7 Å². The molecule has 0 unspecified atom stereocenters. The molecule has 1 N–H and O–H groups in total. The standard InChI is InChI=1S/C23H23BrClN3O3/c1-2-27-7-9-28(10-8-27)14-15-3-5-18(13-20(15)25)26-22(29)19-12-16-11-17(24)4-6-21(16)31-23(19)30/h3-6,11-13H,2,7-10,14H2,1H3,(H,26,29). The van der Waals surface area contributed by atoms with Crippen LogP contribution in [0.25, 0.3) is 11.0 Å². The van der Waals surface area contributed by atoms with Crippen molar-refractivity contribution in [3.8, 4) is 0 Å². The maximum Gasteiger partial charge on any atom is 0.349 e. The third-order valence-corrected chi connectivity index (χ3v) is 6.40. The number of benzene rings is 2. The number of piperazine rings is 1. The minimum Gasteiger partial charge on any atom is -0.422 e. The van der Waals surface area contributed by atoms with Crippen molar-refractivity contribution in [1.82, 2.24) is 9.80 Å². The molecule has 31 heavy (non-hydrogen) atoms. The lowest BCUT2D eigenvalue weighted by Gasteiger charge is -2.34. The molecule has 0 aliphatic carbocycles. The van der Waals surface area contributed by atoms with E-state index in [9.17, 15) is 9.59 Å². The van der Waals surface area contributed by atoms with Gasteiger partial charge in [-0.3, -0.25) is 9.69 Å². The number of likely N-dealkylation sites (N-methyl/N-ethyl adjacent to an activating group) is 1. The number of hydrogen-bond donors (Lipinski definition) is 1. The molecule has 0 atom stereocenters. The zero-order valence-corrected chi connectivity index (χ0v) is 19.5. The number of nitrogens with one attached hydrogen (secondary N) is 1. The summed E-state index contributed by atoms with van der Waals surface area (Å²) in [4.78, 5) is 29.8. The van der Waals surface area contributed by atoms with Crippen LogP contribution in [-0.2, 0) is 6.54 Å². The zero-order valence-electron chi connectivity index (χ0n) is 17.2. The largest absolute Gasteiger partial charge is 0.422 e.